The molecule has 1 heterocycles. The summed E-state index contributed by atoms with van der Waals surface area (Å²) in [6, 6.07) is 7.44. The third-order valence-electron chi connectivity index (χ3n) is 3.00. The molecule has 1 aromatic carbocycles. The number of rotatable bonds is 4. The van der Waals surface area contributed by atoms with Gasteiger partial charge in [-0.2, -0.15) is 0 Å². The Labute approximate surface area is 125 Å². The van der Waals surface area contributed by atoms with Crippen molar-refractivity contribution in [2.75, 3.05) is 0 Å². The molecule has 0 spiro atoms. The van der Waals surface area contributed by atoms with Gasteiger partial charge < -0.3 is 5.11 Å². The van der Waals surface area contributed by atoms with Gasteiger partial charge in [0.15, 0.2) is 0 Å². The molecule has 0 aliphatic rings. The van der Waals surface area contributed by atoms with Crippen LogP contribution < -0.4 is 0 Å². The molecule has 0 fully saturated rings. The van der Waals surface area contributed by atoms with E-state index in [1.165, 1.54) is 34.7 Å². The van der Waals surface area contributed by atoms with Gasteiger partial charge in [0.2, 0.25) is 0 Å². The predicted molar refractivity (Wildman–Crippen MR) is 81.6 cm³/mol. The molecule has 0 aliphatic heterocycles. The largest absolute Gasteiger partial charge is 0.388 e. The van der Waals surface area contributed by atoms with Crippen LogP contribution >= 0.6 is 23.1 Å². The fourth-order valence-electron chi connectivity index (χ4n) is 1.67. The van der Waals surface area contributed by atoms with Crippen LogP contribution in [-0.4, -0.2) is 10.0 Å². The van der Waals surface area contributed by atoms with E-state index in [0.29, 0.717) is 9.09 Å². The maximum absolute atomic E-state index is 11.1. The van der Waals surface area contributed by atoms with Crippen LogP contribution in [0.15, 0.2) is 33.4 Å². The lowest BCUT2D eigenvalue weighted by molar-refractivity contribution is -0.387. The number of benzene rings is 1. The zero-order chi connectivity index (χ0) is 14.9. The molecule has 20 heavy (non-hydrogen) atoms. The Bertz CT molecular complexity index is 650. The fourth-order valence-corrected chi connectivity index (χ4v) is 4.03. The second-order valence-corrected chi connectivity index (χ2v) is 7.03. The Morgan fingerprint density at radius 2 is 2.00 bits per heavy atom. The van der Waals surface area contributed by atoms with E-state index >= 15 is 0 Å². The maximum atomic E-state index is 11.1. The van der Waals surface area contributed by atoms with Gasteiger partial charge in [0.1, 0.15) is 4.21 Å². The minimum Gasteiger partial charge on any atom is -0.388 e. The number of thiophene rings is 1. The Hall–Kier alpha value is -1.37. The van der Waals surface area contributed by atoms with Crippen LogP contribution in [0.5, 0.6) is 0 Å². The molecule has 6 heteroatoms. The van der Waals surface area contributed by atoms with E-state index in [2.05, 4.69) is 0 Å². The van der Waals surface area contributed by atoms with Gasteiger partial charge in [-0.05, 0) is 44.0 Å². The second-order valence-electron chi connectivity index (χ2n) is 4.60. The average Bonchev–Trinajstić information content (AvgIpc) is 2.78. The molecule has 1 N–H and O–H groups in total. The van der Waals surface area contributed by atoms with Crippen LogP contribution in [0.25, 0.3) is 0 Å². The van der Waals surface area contributed by atoms with Crippen molar-refractivity contribution in [1.29, 1.82) is 0 Å². The number of hydrogen-bond donors (Lipinski definition) is 1. The van der Waals surface area contributed by atoms with Crippen molar-refractivity contribution < 1.29 is 10.0 Å². The minimum atomic E-state index is -0.687. The predicted octanol–water partition coefficient (Wildman–Crippen LogP) is 4.48. The zero-order valence-electron chi connectivity index (χ0n) is 11.4. The van der Waals surface area contributed by atoms with Gasteiger partial charge >= 0.3 is 0 Å². The molecule has 0 amide bonds. The normalized spacial score (nSPS) is 12.4. The van der Waals surface area contributed by atoms with E-state index in [4.69, 9.17) is 0 Å². The molecule has 1 atom stereocenters. The summed E-state index contributed by atoms with van der Waals surface area (Å²) in [7, 11) is 0. The Kier molecular flexibility index (Phi) is 4.47. The molecule has 0 bridgehead atoms. The van der Waals surface area contributed by atoms with Crippen LogP contribution in [0, 0.1) is 24.0 Å². The van der Waals surface area contributed by atoms with E-state index in [9.17, 15) is 15.2 Å². The third-order valence-corrected chi connectivity index (χ3v) is 5.47. The lowest BCUT2D eigenvalue weighted by Gasteiger charge is -2.03. The van der Waals surface area contributed by atoms with Crippen molar-refractivity contribution in [3.8, 4) is 0 Å². The van der Waals surface area contributed by atoms with Gasteiger partial charge in [-0.25, -0.2) is 0 Å². The monoisotopic (exact) mass is 309 g/mol. The van der Waals surface area contributed by atoms with Gasteiger partial charge in [0.05, 0.1) is 11.0 Å². The molecular weight excluding hydrogens is 294 g/mol. The molecule has 2 aromatic rings. The summed E-state index contributed by atoms with van der Waals surface area (Å²) in [6.07, 6.45) is -0.687. The molecule has 0 radical (unpaired) electrons. The number of nitro groups is 1. The molecule has 106 valence electrons. The van der Waals surface area contributed by atoms with Crippen LogP contribution in [0.4, 0.5) is 5.69 Å². The van der Waals surface area contributed by atoms with Gasteiger partial charge in [-0.15, -0.1) is 11.3 Å². The standard InChI is InChI=1S/C14H15NO3S2/c1-8-4-5-11(6-9(8)2)19-14-12(15(17)18)7-13(20-14)10(3)16/h4-7,10,16H,1-3H3/t10-/m1/s1. The van der Waals surface area contributed by atoms with E-state index in [1.54, 1.807) is 6.92 Å². The lowest BCUT2D eigenvalue weighted by atomic mass is 10.1. The highest BCUT2D eigenvalue weighted by atomic mass is 32.2. The first-order valence-corrected chi connectivity index (χ1v) is 7.73. The number of aliphatic hydroxyl groups excluding tert-OH is 1. The highest BCUT2D eigenvalue weighted by Crippen LogP contribution is 2.43. The van der Waals surface area contributed by atoms with Crippen molar-refractivity contribution in [2.24, 2.45) is 0 Å². The van der Waals surface area contributed by atoms with E-state index in [1.807, 2.05) is 32.0 Å². The maximum Gasteiger partial charge on any atom is 0.294 e. The lowest BCUT2D eigenvalue weighted by Crippen LogP contribution is -1.87. The van der Waals surface area contributed by atoms with Crippen molar-refractivity contribution in [2.45, 2.75) is 36.0 Å². The highest BCUT2D eigenvalue weighted by Gasteiger charge is 2.21. The summed E-state index contributed by atoms with van der Waals surface area (Å²) in [5.41, 5.74) is 2.42. The van der Waals surface area contributed by atoms with Crippen molar-refractivity contribution in [3.05, 3.63) is 50.4 Å². The van der Waals surface area contributed by atoms with Crippen molar-refractivity contribution >= 4 is 28.8 Å². The molecule has 1 aromatic heterocycles. The van der Waals surface area contributed by atoms with E-state index in [0.717, 1.165) is 10.5 Å². The minimum absolute atomic E-state index is 0.0640. The topological polar surface area (TPSA) is 63.4 Å². The van der Waals surface area contributed by atoms with Crippen LogP contribution in [0.1, 0.15) is 29.0 Å². The van der Waals surface area contributed by atoms with Crippen LogP contribution in [0.3, 0.4) is 0 Å². The fraction of sp³-hybridized carbons (Fsp3) is 0.286. The van der Waals surface area contributed by atoms with Crippen LogP contribution in [-0.2, 0) is 0 Å². The van der Waals surface area contributed by atoms with Gasteiger partial charge in [-0.1, -0.05) is 17.8 Å². The molecule has 0 unspecified atom stereocenters. The first-order valence-electron chi connectivity index (χ1n) is 6.09. The molecule has 0 aliphatic carbocycles. The van der Waals surface area contributed by atoms with Crippen LogP contribution in [0.2, 0.25) is 0 Å². The summed E-state index contributed by atoms with van der Waals surface area (Å²) in [6.45, 7) is 5.66. The Balaban J connectivity index is 2.36. The highest BCUT2D eigenvalue weighted by molar-refractivity contribution is 8.01. The molecule has 0 saturated carbocycles. The third kappa shape index (κ3) is 3.20. The first kappa shape index (κ1) is 15.0. The zero-order valence-corrected chi connectivity index (χ0v) is 13.0. The summed E-state index contributed by atoms with van der Waals surface area (Å²) in [5.74, 6) is 0. The number of nitrogens with zero attached hydrogens (tertiary/aromatic N) is 1. The van der Waals surface area contributed by atoms with E-state index < -0.39 is 11.0 Å². The SMILES string of the molecule is Cc1ccc(Sc2sc([C@@H](C)O)cc2[N+](=O)[O-])cc1C. The molecule has 0 saturated heterocycles. The number of aliphatic hydroxyl groups is 1. The Morgan fingerprint density at radius 3 is 2.55 bits per heavy atom. The van der Waals surface area contributed by atoms with Crippen molar-refractivity contribution in [3.63, 3.8) is 0 Å². The summed E-state index contributed by atoms with van der Waals surface area (Å²) < 4.78 is 0.606. The molecule has 4 nitrogen and oxygen atoms in total. The first-order chi connectivity index (χ1) is 9.38. The summed E-state index contributed by atoms with van der Waals surface area (Å²) >= 11 is 2.64. The Morgan fingerprint density at radius 1 is 1.30 bits per heavy atom. The smallest absolute Gasteiger partial charge is 0.294 e. The second kappa shape index (κ2) is 5.95. The number of aryl methyl sites for hydroxylation is 2. The average molecular weight is 309 g/mol. The molecule has 2 rings (SSSR count). The van der Waals surface area contributed by atoms with Gasteiger partial charge in [0, 0.05) is 15.8 Å². The summed E-state index contributed by atoms with van der Waals surface area (Å²) in [5, 5.41) is 20.7. The summed E-state index contributed by atoms with van der Waals surface area (Å²) in [4.78, 5) is 12.3. The van der Waals surface area contributed by atoms with Crippen molar-refractivity contribution in [1.82, 2.24) is 0 Å². The van der Waals surface area contributed by atoms with Gasteiger partial charge in [-0.3, -0.25) is 10.1 Å². The van der Waals surface area contributed by atoms with E-state index in [-0.39, 0.29) is 5.69 Å². The van der Waals surface area contributed by atoms with Gasteiger partial charge in [0.25, 0.3) is 5.69 Å². The number of hydrogen-bond acceptors (Lipinski definition) is 5. The molecular formula is C14H15NO3S2. The quantitative estimate of drug-likeness (QED) is 0.668.